The van der Waals surface area contributed by atoms with Gasteiger partial charge in [-0.05, 0) is 99.0 Å². The molecule has 5 heteroatoms. The fraction of sp³-hybridized carbons (Fsp3) is 0.931. The Morgan fingerprint density at radius 3 is 2.38 bits per heavy atom. The predicted molar refractivity (Wildman–Crippen MR) is 135 cm³/mol. The van der Waals surface area contributed by atoms with Crippen LogP contribution < -0.4 is 0 Å². The minimum absolute atomic E-state index is 0.258. The monoisotopic (exact) mass is 488 g/mol. The topological polar surface area (TPSA) is 36.9 Å². The molecule has 0 bridgehead atoms. The van der Waals surface area contributed by atoms with Gasteiger partial charge < -0.3 is 18.9 Å². The van der Waals surface area contributed by atoms with E-state index in [0.717, 1.165) is 74.6 Å². The average Bonchev–Trinajstić information content (AvgIpc) is 3.56. The van der Waals surface area contributed by atoms with E-state index in [9.17, 15) is 0 Å². The molecule has 0 aromatic carbocycles. The summed E-state index contributed by atoms with van der Waals surface area (Å²) in [5, 5.41) is 0. The highest BCUT2D eigenvalue weighted by Gasteiger charge is 2.64. The maximum absolute atomic E-state index is 6.23. The molecular formula is C29H44O4S. The zero-order valence-corrected chi connectivity index (χ0v) is 22.1. The van der Waals surface area contributed by atoms with Gasteiger partial charge in [-0.3, -0.25) is 0 Å². The summed E-state index contributed by atoms with van der Waals surface area (Å²) in [6.07, 6.45) is 15.3. The normalized spacial score (nSPS) is 50.9. The molecule has 34 heavy (non-hydrogen) atoms. The molecule has 0 amide bonds. The van der Waals surface area contributed by atoms with Gasteiger partial charge in [0.25, 0.3) is 0 Å². The van der Waals surface area contributed by atoms with Gasteiger partial charge in [-0.15, -0.1) is 0 Å². The largest absolute Gasteiger partial charge is 0.348 e. The van der Waals surface area contributed by atoms with Crippen molar-refractivity contribution < 1.29 is 18.9 Å². The summed E-state index contributed by atoms with van der Waals surface area (Å²) in [6.45, 7) is 7.89. The van der Waals surface area contributed by atoms with Crippen LogP contribution in [0.4, 0.5) is 0 Å². The van der Waals surface area contributed by atoms with Crippen molar-refractivity contribution in [2.45, 2.75) is 89.6 Å². The number of hydrogen-bond acceptors (Lipinski definition) is 5. The van der Waals surface area contributed by atoms with Gasteiger partial charge in [0.05, 0.1) is 26.4 Å². The van der Waals surface area contributed by atoms with Crippen LogP contribution in [-0.4, -0.2) is 43.8 Å². The van der Waals surface area contributed by atoms with Crippen LogP contribution >= 0.6 is 12.6 Å². The third kappa shape index (κ3) is 3.12. The maximum Gasteiger partial charge on any atom is 0.169 e. The fourth-order valence-corrected chi connectivity index (χ4v) is 11.4. The molecule has 0 aromatic heterocycles. The minimum Gasteiger partial charge on any atom is -0.348 e. The van der Waals surface area contributed by atoms with Crippen molar-refractivity contribution in [1.29, 1.82) is 0 Å². The SMILES string of the molecule is CC1(C2CCC3C4CC=C5CC6CC7(CCC6CC5(CS)C4CC[C@@]32C)OCCO7)OCCO1. The van der Waals surface area contributed by atoms with Gasteiger partial charge in [0, 0.05) is 24.2 Å². The van der Waals surface area contributed by atoms with Crippen LogP contribution in [0.5, 0.6) is 0 Å². The lowest BCUT2D eigenvalue weighted by Crippen LogP contribution is -2.56. The summed E-state index contributed by atoms with van der Waals surface area (Å²) < 4.78 is 24.8. The second-order valence-electron chi connectivity index (χ2n) is 13.3. The van der Waals surface area contributed by atoms with Crippen molar-refractivity contribution >= 4 is 12.6 Å². The van der Waals surface area contributed by atoms with Gasteiger partial charge in [-0.25, -0.2) is 0 Å². The molecule has 2 saturated heterocycles. The Kier molecular flexibility index (Phi) is 5.40. The van der Waals surface area contributed by atoms with Gasteiger partial charge in [-0.1, -0.05) is 18.6 Å². The summed E-state index contributed by atoms with van der Waals surface area (Å²) in [5.74, 6) is 4.87. The fourth-order valence-electron chi connectivity index (χ4n) is 10.8. The summed E-state index contributed by atoms with van der Waals surface area (Å²) in [5.41, 5.74) is 2.42. The predicted octanol–water partition coefficient (Wildman–Crippen LogP) is 6.01. The van der Waals surface area contributed by atoms with Gasteiger partial charge in [-0.2, -0.15) is 12.6 Å². The smallest absolute Gasteiger partial charge is 0.169 e. The molecule has 6 fully saturated rings. The first kappa shape index (κ1) is 23.1. The lowest BCUT2D eigenvalue weighted by Gasteiger charge is -2.61. The molecule has 8 atom stereocenters. The van der Waals surface area contributed by atoms with Crippen LogP contribution in [0.25, 0.3) is 0 Å². The van der Waals surface area contributed by atoms with Crippen molar-refractivity contribution in [1.82, 2.24) is 0 Å². The van der Waals surface area contributed by atoms with Crippen LogP contribution in [0.15, 0.2) is 11.6 Å². The highest BCUT2D eigenvalue weighted by atomic mass is 32.1. The molecule has 7 aliphatic rings. The van der Waals surface area contributed by atoms with E-state index in [1.165, 1.54) is 51.4 Å². The highest BCUT2D eigenvalue weighted by Crippen LogP contribution is 2.69. The molecule has 0 aromatic rings. The summed E-state index contributed by atoms with van der Waals surface area (Å²) >= 11 is 5.12. The zero-order valence-electron chi connectivity index (χ0n) is 21.2. The van der Waals surface area contributed by atoms with Crippen LogP contribution in [0, 0.1) is 46.3 Å². The Morgan fingerprint density at radius 2 is 1.62 bits per heavy atom. The molecule has 0 radical (unpaired) electrons. The van der Waals surface area contributed by atoms with E-state index in [1.54, 1.807) is 5.57 Å². The Hall–Kier alpha value is -0.0700. The lowest BCUT2D eigenvalue weighted by atomic mass is 9.45. The van der Waals surface area contributed by atoms with Crippen molar-refractivity contribution in [2.75, 3.05) is 32.2 Å². The van der Waals surface area contributed by atoms with Crippen LogP contribution in [0.2, 0.25) is 0 Å². The first-order chi connectivity index (χ1) is 16.4. The third-order valence-electron chi connectivity index (χ3n) is 12.3. The van der Waals surface area contributed by atoms with E-state index in [-0.39, 0.29) is 11.6 Å². The van der Waals surface area contributed by atoms with E-state index < -0.39 is 0 Å². The number of thiol groups is 1. The summed E-state index contributed by atoms with van der Waals surface area (Å²) in [6, 6.07) is 0. The molecule has 7 rings (SSSR count). The van der Waals surface area contributed by atoms with E-state index in [0.29, 0.717) is 16.7 Å². The van der Waals surface area contributed by atoms with Gasteiger partial charge >= 0.3 is 0 Å². The Labute approximate surface area is 211 Å². The molecule has 5 aliphatic carbocycles. The Bertz CT molecular complexity index is 845. The van der Waals surface area contributed by atoms with E-state index in [1.807, 2.05) is 0 Å². The number of ether oxygens (including phenoxy) is 4. The summed E-state index contributed by atoms with van der Waals surface area (Å²) in [7, 11) is 0. The van der Waals surface area contributed by atoms with Crippen LogP contribution in [0.3, 0.4) is 0 Å². The van der Waals surface area contributed by atoms with E-state index in [2.05, 4.69) is 19.9 Å². The second kappa shape index (κ2) is 7.96. The molecule has 4 nitrogen and oxygen atoms in total. The minimum atomic E-state index is -0.367. The lowest BCUT2D eigenvalue weighted by molar-refractivity contribution is -0.216. The van der Waals surface area contributed by atoms with Crippen molar-refractivity contribution in [3.05, 3.63) is 11.6 Å². The zero-order chi connectivity index (χ0) is 23.2. The molecule has 4 saturated carbocycles. The Morgan fingerprint density at radius 1 is 0.853 bits per heavy atom. The Balaban J connectivity index is 1.16. The number of rotatable bonds is 2. The number of fused-ring (bicyclic) bond motifs is 6. The van der Waals surface area contributed by atoms with Crippen molar-refractivity contribution in [3.8, 4) is 0 Å². The second-order valence-corrected chi connectivity index (χ2v) is 13.6. The first-order valence-corrected chi connectivity index (χ1v) is 14.9. The van der Waals surface area contributed by atoms with Gasteiger partial charge in [0.2, 0.25) is 0 Å². The average molecular weight is 489 g/mol. The molecule has 2 aliphatic heterocycles. The van der Waals surface area contributed by atoms with Gasteiger partial charge in [0.1, 0.15) is 0 Å². The standard InChI is InChI=1S/C29H44O4S/c1-26-9-8-24-22(23(26)5-6-25(26)27(2)30-11-12-31-27)4-3-21-15-20-17-29(32-13-14-33-29)10-7-19(20)16-28(21,24)18-34/h3,19-20,22-25,34H,4-18H2,1-2H3/t19?,20?,22?,23?,24?,25?,26-,28?/m0/s1. The molecule has 2 heterocycles. The molecule has 190 valence electrons. The molecular weight excluding hydrogens is 444 g/mol. The van der Waals surface area contributed by atoms with Crippen LogP contribution in [-0.2, 0) is 18.9 Å². The third-order valence-corrected chi connectivity index (χ3v) is 12.8. The van der Waals surface area contributed by atoms with Gasteiger partial charge in [0.15, 0.2) is 11.6 Å². The van der Waals surface area contributed by atoms with Crippen molar-refractivity contribution in [3.63, 3.8) is 0 Å². The molecule has 7 unspecified atom stereocenters. The number of hydrogen-bond donors (Lipinski definition) is 1. The summed E-state index contributed by atoms with van der Waals surface area (Å²) in [4.78, 5) is 0. The first-order valence-electron chi connectivity index (χ1n) is 14.3. The van der Waals surface area contributed by atoms with Crippen molar-refractivity contribution in [2.24, 2.45) is 46.3 Å². The van der Waals surface area contributed by atoms with E-state index >= 15 is 0 Å². The number of allylic oxidation sites excluding steroid dienone is 2. The van der Waals surface area contributed by atoms with E-state index in [4.69, 9.17) is 31.6 Å². The van der Waals surface area contributed by atoms with Crippen LogP contribution in [0.1, 0.15) is 78.1 Å². The maximum atomic E-state index is 6.23. The molecule has 1 spiro atoms. The molecule has 0 N–H and O–H groups in total. The quantitative estimate of drug-likeness (QED) is 0.382. The highest BCUT2D eigenvalue weighted by molar-refractivity contribution is 7.80.